The fourth-order valence-corrected chi connectivity index (χ4v) is 1.83. The fourth-order valence-electron chi connectivity index (χ4n) is 1.46. The maximum atomic E-state index is 4.02. The van der Waals surface area contributed by atoms with Gasteiger partial charge in [0.05, 0.1) is 6.54 Å². The molecule has 0 saturated heterocycles. The lowest BCUT2D eigenvalue weighted by Crippen LogP contribution is -2.01. The molecule has 0 fully saturated rings. The van der Waals surface area contributed by atoms with Crippen molar-refractivity contribution in [1.82, 2.24) is 15.0 Å². The molecule has 0 atom stereocenters. The van der Waals surface area contributed by atoms with Crippen molar-refractivity contribution in [2.24, 2.45) is 7.05 Å². The average Bonchev–Trinajstić information content (AvgIpc) is 2.67. The molecule has 0 radical (unpaired) electrons. The van der Waals surface area contributed by atoms with Crippen LogP contribution in [-0.2, 0) is 13.6 Å². The maximum absolute atomic E-state index is 4.02. The number of benzene rings is 1. The van der Waals surface area contributed by atoms with Gasteiger partial charge in [-0.15, -0.1) is 5.10 Å². The van der Waals surface area contributed by atoms with Gasteiger partial charge in [0.2, 0.25) is 0 Å². The van der Waals surface area contributed by atoms with Gasteiger partial charge in [0.15, 0.2) is 0 Å². The third kappa shape index (κ3) is 2.41. The summed E-state index contributed by atoms with van der Waals surface area (Å²) in [6.07, 6.45) is 1.90. The summed E-state index contributed by atoms with van der Waals surface area (Å²) in [6.45, 7) is 2.76. The molecule has 0 saturated carbocycles. The summed E-state index contributed by atoms with van der Waals surface area (Å²) >= 11 is 3.50. The van der Waals surface area contributed by atoms with Crippen LogP contribution in [0.15, 0.2) is 28.9 Å². The largest absolute Gasteiger partial charge is 0.379 e. The van der Waals surface area contributed by atoms with Gasteiger partial charge in [-0.25, -0.2) is 0 Å². The van der Waals surface area contributed by atoms with Crippen molar-refractivity contribution in [3.05, 3.63) is 40.1 Å². The van der Waals surface area contributed by atoms with E-state index in [4.69, 9.17) is 0 Å². The molecule has 4 nitrogen and oxygen atoms in total. The molecular weight excluding hydrogens is 268 g/mol. The first-order chi connectivity index (χ1) is 7.66. The second kappa shape index (κ2) is 4.65. The van der Waals surface area contributed by atoms with E-state index in [2.05, 4.69) is 44.5 Å². The Morgan fingerprint density at radius 3 is 2.94 bits per heavy atom. The molecular formula is C11H13BrN4. The second-order valence-corrected chi connectivity index (χ2v) is 4.50. The van der Waals surface area contributed by atoms with Crippen LogP contribution in [0.3, 0.4) is 0 Å². The molecule has 0 bridgehead atoms. The number of nitrogens with one attached hydrogen (secondary N) is 1. The Morgan fingerprint density at radius 1 is 1.44 bits per heavy atom. The van der Waals surface area contributed by atoms with Crippen molar-refractivity contribution in [1.29, 1.82) is 0 Å². The molecule has 0 amide bonds. The molecule has 1 aromatic carbocycles. The first-order valence-corrected chi connectivity index (χ1v) is 5.80. The SMILES string of the molecule is Cc1c(Br)cccc1NCc1cn(C)nn1. The molecule has 1 N–H and O–H groups in total. The minimum Gasteiger partial charge on any atom is -0.379 e. The highest BCUT2D eigenvalue weighted by Gasteiger charge is 2.02. The van der Waals surface area contributed by atoms with E-state index in [0.717, 1.165) is 15.9 Å². The van der Waals surface area contributed by atoms with Crippen LogP contribution in [-0.4, -0.2) is 15.0 Å². The van der Waals surface area contributed by atoms with Gasteiger partial charge in [-0.05, 0) is 24.6 Å². The molecule has 16 heavy (non-hydrogen) atoms. The van der Waals surface area contributed by atoms with Crippen molar-refractivity contribution >= 4 is 21.6 Å². The Balaban J connectivity index is 2.07. The highest BCUT2D eigenvalue weighted by atomic mass is 79.9. The van der Waals surface area contributed by atoms with Crippen LogP contribution in [0.4, 0.5) is 5.69 Å². The monoisotopic (exact) mass is 280 g/mol. The standard InChI is InChI=1S/C11H13BrN4/c1-8-10(12)4-3-5-11(8)13-6-9-7-16(2)15-14-9/h3-5,7,13H,6H2,1-2H3. The van der Waals surface area contributed by atoms with Crippen LogP contribution in [0.2, 0.25) is 0 Å². The Labute approximate surface area is 103 Å². The summed E-state index contributed by atoms with van der Waals surface area (Å²) in [6, 6.07) is 6.09. The minimum atomic E-state index is 0.686. The van der Waals surface area contributed by atoms with E-state index in [1.165, 1.54) is 5.56 Å². The first-order valence-electron chi connectivity index (χ1n) is 5.01. The van der Waals surface area contributed by atoms with E-state index in [9.17, 15) is 0 Å². The van der Waals surface area contributed by atoms with E-state index in [1.54, 1.807) is 4.68 Å². The van der Waals surface area contributed by atoms with E-state index in [1.807, 2.05) is 25.4 Å². The normalized spacial score (nSPS) is 10.4. The van der Waals surface area contributed by atoms with Crippen molar-refractivity contribution < 1.29 is 0 Å². The zero-order valence-corrected chi connectivity index (χ0v) is 10.8. The Kier molecular flexibility index (Phi) is 3.24. The zero-order chi connectivity index (χ0) is 11.5. The molecule has 5 heteroatoms. The second-order valence-electron chi connectivity index (χ2n) is 3.65. The Bertz CT molecular complexity index is 492. The number of aryl methyl sites for hydroxylation is 1. The summed E-state index contributed by atoms with van der Waals surface area (Å²) in [5.41, 5.74) is 3.24. The molecule has 0 aliphatic heterocycles. The minimum absolute atomic E-state index is 0.686. The Hall–Kier alpha value is -1.36. The summed E-state index contributed by atoms with van der Waals surface area (Å²) in [7, 11) is 1.86. The van der Waals surface area contributed by atoms with Crippen molar-refractivity contribution in [2.45, 2.75) is 13.5 Å². The van der Waals surface area contributed by atoms with Gasteiger partial charge >= 0.3 is 0 Å². The molecule has 0 spiro atoms. The van der Waals surface area contributed by atoms with Crippen LogP contribution >= 0.6 is 15.9 Å². The molecule has 0 aliphatic carbocycles. The van der Waals surface area contributed by atoms with Crippen LogP contribution in [0.25, 0.3) is 0 Å². The van der Waals surface area contributed by atoms with Crippen LogP contribution in [0, 0.1) is 6.92 Å². The quantitative estimate of drug-likeness (QED) is 0.940. The van der Waals surface area contributed by atoms with Gasteiger partial charge in [-0.2, -0.15) is 0 Å². The molecule has 0 unspecified atom stereocenters. The predicted octanol–water partition coefficient (Wildman–Crippen LogP) is 2.50. The topological polar surface area (TPSA) is 42.7 Å². The van der Waals surface area contributed by atoms with Crippen LogP contribution < -0.4 is 5.32 Å². The van der Waals surface area contributed by atoms with Gasteiger partial charge in [0.1, 0.15) is 5.69 Å². The van der Waals surface area contributed by atoms with Gasteiger partial charge in [0, 0.05) is 23.4 Å². The van der Waals surface area contributed by atoms with Gasteiger partial charge in [-0.3, -0.25) is 4.68 Å². The predicted molar refractivity (Wildman–Crippen MR) is 67.2 cm³/mol. The zero-order valence-electron chi connectivity index (χ0n) is 9.24. The van der Waals surface area contributed by atoms with E-state index >= 15 is 0 Å². The summed E-state index contributed by atoms with van der Waals surface area (Å²) in [4.78, 5) is 0. The van der Waals surface area contributed by atoms with E-state index in [-0.39, 0.29) is 0 Å². The molecule has 2 rings (SSSR count). The number of hydrogen-bond donors (Lipinski definition) is 1. The molecule has 84 valence electrons. The lowest BCUT2D eigenvalue weighted by Gasteiger charge is -2.08. The first kappa shape index (κ1) is 11.1. The van der Waals surface area contributed by atoms with Gasteiger partial charge in [-0.1, -0.05) is 27.2 Å². The average molecular weight is 281 g/mol. The van der Waals surface area contributed by atoms with Crippen LogP contribution in [0.1, 0.15) is 11.3 Å². The van der Waals surface area contributed by atoms with E-state index < -0.39 is 0 Å². The maximum Gasteiger partial charge on any atom is 0.102 e. The molecule has 0 aliphatic rings. The van der Waals surface area contributed by atoms with Crippen LogP contribution in [0.5, 0.6) is 0 Å². The van der Waals surface area contributed by atoms with E-state index in [0.29, 0.717) is 6.54 Å². The number of nitrogens with zero attached hydrogens (tertiary/aromatic N) is 3. The number of rotatable bonds is 3. The van der Waals surface area contributed by atoms with Gasteiger partial charge in [0.25, 0.3) is 0 Å². The summed E-state index contributed by atoms with van der Waals surface area (Å²) < 4.78 is 2.81. The van der Waals surface area contributed by atoms with Crippen molar-refractivity contribution in [3.63, 3.8) is 0 Å². The number of hydrogen-bond acceptors (Lipinski definition) is 3. The summed E-state index contributed by atoms with van der Waals surface area (Å²) in [5, 5.41) is 11.2. The highest BCUT2D eigenvalue weighted by molar-refractivity contribution is 9.10. The molecule has 1 aromatic heterocycles. The smallest absolute Gasteiger partial charge is 0.102 e. The lowest BCUT2D eigenvalue weighted by atomic mass is 10.2. The number of anilines is 1. The van der Waals surface area contributed by atoms with Crippen molar-refractivity contribution in [3.8, 4) is 0 Å². The molecule has 1 heterocycles. The fraction of sp³-hybridized carbons (Fsp3) is 0.273. The summed E-state index contributed by atoms with van der Waals surface area (Å²) in [5.74, 6) is 0. The molecule has 2 aromatic rings. The lowest BCUT2D eigenvalue weighted by molar-refractivity contribution is 0.713. The Morgan fingerprint density at radius 2 is 2.25 bits per heavy atom. The third-order valence-electron chi connectivity index (χ3n) is 2.38. The number of halogens is 1. The highest BCUT2D eigenvalue weighted by Crippen LogP contribution is 2.23. The van der Waals surface area contributed by atoms with Gasteiger partial charge < -0.3 is 5.32 Å². The number of aromatic nitrogens is 3. The third-order valence-corrected chi connectivity index (χ3v) is 3.24. The van der Waals surface area contributed by atoms with Crippen molar-refractivity contribution in [2.75, 3.05) is 5.32 Å².